The second-order valence-corrected chi connectivity index (χ2v) is 5.35. The Labute approximate surface area is 116 Å². The molecule has 2 rings (SSSR count). The lowest BCUT2D eigenvalue weighted by molar-refractivity contribution is 0.0187. The van der Waals surface area contributed by atoms with E-state index in [9.17, 15) is 13.9 Å². The molecule has 4 N–H and O–H groups in total. The molecule has 1 aliphatic carbocycles. The Balaban J connectivity index is 2.02. The van der Waals surface area contributed by atoms with E-state index in [4.69, 9.17) is 5.73 Å². The van der Waals surface area contributed by atoms with Gasteiger partial charge in [-0.05, 0) is 30.9 Å². The van der Waals surface area contributed by atoms with Gasteiger partial charge in [0.25, 0.3) is 0 Å². The summed E-state index contributed by atoms with van der Waals surface area (Å²) in [5, 5.41) is 12.9. The zero-order chi connectivity index (χ0) is 14.8. The maximum Gasteiger partial charge on any atom is 0.193 e. The lowest BCUT2D eigenvalue weighted by atomic mass is 9.93. The average Bonchev–Trinajstić information content (AvgIpc) is 2.72. The van der Waals surface area contributed by atoms with E-state index in [1.165, 1.54) is 0 Å². The standard InChI is InChI=1S/C14H19F2N3O/c1-9-3-2-6-14(9,20)8-18-13(17)19-12-7-10(15)4-5-11(12)16/h4-5,7,9,20H,2-3,6,8H2,1H3,(H3,17,18,19). The Morgan fingerprint density at radius 1 is 1.55 bits per heavy atom. The highest BCUT2D eigenvalue weighted by molar-refractivity contribution is 5.92. The minimum Gasteiger partial charge on any atom is -0.388 e. The third-order valence-electron chi connectivity index (χ3n) is 3.88. The van der Waals surface area contributed by atoms with Gasteiger partial charge in [-0.1, -0.05) is 13.3 Å². The fourth-order valence-electron chi connectivity index (χ4n) is 2.46. The smallest absolute Gasteiger partial charge is 0.193 e. The van der Waals surface area contributed by atoms with E-state index in [1.54, 1.807) is 0 Å². The number of nitrogens with zero attached hydrogens (tertiary/aromatic N) is 1. The van der Waals surface area contributed by atoms with Crippen LogP contribution >= 0.6 is 0 Å². The van der Waals surface area contributed by atoms with Crippen molar-refractivity contribution in [2.75, 3.05) is 11.9 Å². The van der Waals surface area contributed by atoms with Crippen LogP contribution in [0.15, 0.2) is 23.2 Å². The van der Waals surface area contributed by atoms with Crippen molar-refractivity contribution >= 4 is 11.6 Å². The Morgan fingerprint density at radius 3 is 2.95 bits per heavy atom. The van der Waals surface area contributed by atoms with Gasteiger partial charge in [-0.2, -0.15) is 0 Å². The van der Waals surface area contributed by atoms with Crippen molar-refractivity contribution in [2.45, 2.75) is 31.8 Å². The van der Waals surface area contributed by atoms with Gasteiger partial charge < -0.3 is 16.2 Å². The van der Waals surface area contributed by atoms with E-state index in [-0.39, 0.29) is 24.1 Å². The fourth-order valence-corrected chi connectivity index (χ4v) is 2.46. The quantitative estimate of drug-likeness (QED) is 0.588. The van der Waals surface area contributed by atoms with E-state index < -0.39 is 17.2 Å². The molecule has 1 aromatic carbocycles. The number of halogens is 2. The molecule has 4 nitrogen and oxygen atoms in total. The molecule has 2 unspecified atom stereocenters. The van der Waals surface area contributed by atoms with Crippen LogP contribution in [0.1, 0.15) is 26.2 Å². The summed E-state index contributed by atoms with van der Waals surface area (Å²) in [5.41, 5.74) is 4.72. The van der Waals surface area contributed by atoms with Crippen LogP contribution in [0.5, 0.6) is 0 Å². The van der Waals surface area contributed by atoms with Gasteiger partial charge in [-0.3, -0.25) is 4.99 Å². The molecule has 0 aromatic heterocycles. The molecule has 1 saturated carbocycles. The van der Waals surface area contributed by atoms with Crippen LogP contribution in [0.2, 0.25) is 0 Å². The molecule has 20 heavy (non-hydrogen) atoms. The monoisotopic (exact) mass is 283 g/mol. The first-order chi connectivity index (χ1) is 9.40. The highest BCUT2D eigenvalue weighted by Gasteiger charge is 2.37. The molecule has 1 fully saturated rings. The van der Waals surface area contributed by atoms with Crippen LogP contribution in [0.25, 0.3) is 0 Å². The molecular weight excluding hydrogens is 264 g/mol. The molecule has 110 valence electrons. The van der Waals surface area contributed by atoms with Gasteiger partial charge in [0.1, 0.15) is 11.6 Å². The molecule has 6 heteroatoms. The normalized spacial score (nSPS) is 26.8. The number of hydrogen-bond donors (Lipinski definition) is 3. The van der Waals surface area contributed by atoms with Gasteiger partial charge in [-0.15, -0.1) is 0 Å². The lowest BCUT2D eigenvalue weighted by Gasteiger charge is -2.25. The van der Waals surface area contributed by atoms with Crippen LogP contribution in [-0.4, -0.2) is 23.2 Å². The van der Waals surface area contributed by atoms with Crippen molar-refractivity contribution in [1.29, 1.82) is 0 Å². The molecular formula is C14H19F2N3O. The molecule has 0 saturated heterocycles. The number of guanidine groups is 1. The third kappa shape index (κ3) is 3.25. The van der Waals surface area contributed by atoms with Gasteiger partial charge in [0.05, 0.1) is 17.8 Å². The summed E-state index contributed by atoms with van der Waals surface area (Å²) in [5.74, 6) is -1.06. The van der Waals surface area contributed by atoms with Crippen molar-refractivity contribution < 1.29 is 13.9 Å². The zero-order valence-corrected chi connectivity index (χ0v) is 11.4. The van der Waals surface area contributed by atoms with Crippen LogP contribution < -0.4 is 11.1 Å². The van der Waals surface area contributed by atoms with Crippen LogP contribution in [0.4, 0.5) is 14.5 Å². The summed E-state index contributed by atoms with van der Waals surface area (Å²) in [6.45, 7) is 2.13. The minimum atomic E-state index is -0.854. The van der Waals surface area contributed by atoms with Crippen molar-refractivity contribution in [2.24, 2.45) is 16.6 Å². The van der Waals surface area contributed by atoms with Crippen molar-refractivity contribution in [3.63, 3.8) is 0 Å². The molecule has 0 bridgehead atoms. The van der Waals surface area contributed by atoms with Gasteiger partial charge >= 0.3 is 0 Å². The number of aliphatic imine (C=N–C) groups is 1. The molecule has 0 spiro atoms. The highest BCUT2D eigenvalue weighted by atomic mass is 19.1. The number of nitrogens with two attached hydrogens (primary N) is 1. The second kappa shape index (κ2) is 5.75. The lowest BCUT2D eigenvalue weighted by Crippen LogP contribution is -2.36. The summed E-state index contributed by atoms with van der Waals surface area (Å²) >= 11 is 0. The summed E-state index contributed by atoms with van der Waals surface area (Å²) in [7, 11) is 0. The van der Waals surface area contributed by atoms with E-state index in [0.29, 0.717) is 6.42 Å². The molecule has 0 radical (unpaired) electrons. The summed E-state index contributed by atoms with van der Waals surface area (Å²) < 4.78 is 26.4. The van der Waals surface area contributed by atoms with Crippen molar-refractivity contribution in [3.8, 4) is 0 Å². The number of anilines is 1. The molecule has 1 aliphatic rings. The SMILES string of the molecule is CC1CCCC1(O)CN=C(N)Nc1cc(F)ccc1F. The minimum absolute atomic E-state index is 0.0398. The topological polar surface area (TPSA) is 70.6 Å². The Hall–Kier alpha value is -1.69. The number of hydrogen-bond acceptors (Lipinski definition) is 2. The van der Waals surface area contributed by atoms with Gasteiger partial charge in [0, 0.05) is 6.07 Å². The number of nitrogens with one attached hydrogen (secondary N) is 1. The predicted octanol–water partition coefficient (Wildman–Crippen LogP) is 2.24. The number of benzene rings is 1. The largest absolute Gasteiger partial charge is 0.388 e. The third-order valence-corrected chi connectivity index (χ3v) is 3.88. The van der Waals surface area contributed by atoms with Gasteiger partial charge in [0.2, 0.25) is 0 Å². The van der Waals surface area contributed by atoms with E-state index in [2.05, 4.69) is 10.3 Å². The van der Waals surface area contributed by atoms with Crippen LogP contribution in [0, 0.1) is 17.6 Å². The number of aliphatic hydroxyl groups is 1. The first kappa shape index (κ1) is 14.7. The maximum absolute atomic E-state index is 13.4. The predicted molar refractivity (Wildman–Crippen MR) is 74.4 cm³/mol. The van der Waals surface area contributed by atoms with Gasteiger partial charge in [0.15, 0.2) is 5.96 Å². The highest BCUT2D eigenvalue weighted by Crippen LogP contribution is 2.35. The molecule has 0 heterocycles. The number of rotatable bonds is 3. The zero-order valence-electron chi connectivity index (χ0n) is 11.4. The Kier molecular flexibility index (Phi) is 4.23. The molecule has 2 atom stereocenters. The Morgan fingerprint density at radius 2 is 2.30 bits per heavy atom. The van der Waals surface area contributed by atoms with E-state index in [1.807, 2.05) is 6.92 Å². The molecule has 0 aliphatic heterocycles. The van der Waals surface area contributed by atoms with Crippen molar-refractivity contribution in [1.82, 2.24) is 0 Å². The van der Waals surface area contributed by atoms with E-state index in [0.717, 1.165) is 31.0 Å². The van der Waals surface area contributed by atoms with E-state index >= 15 is 0 Å². The summed E-state index contributed by atoms with van der Waals surface area (Å²) in [6.07, 6.45) is 2.59. The van der Waals surface area contributed by atoms with Crippen LogP contribution in [-0.2, 0) is 0 Å². The van der Waals surface area contributed by atoms with Gasteiger partial charge in [-0.25, -0.2) is 8.78 Å². The summed E-state index contributed by atoms with van der Waals surface area (Å²) in [6, 6.07) is 3.04. The van der Waals surface area contributed by atoms with Crippen LogP contribution in [0.3, 0.4) is 0 Å². The average molecular weight is 283 g/mol. The Bertz CT molecular complexity index is 521. The summed E-state index contributed by atoms with van der Waals surface area (Å²) in [4.78, 5) is 4.04. The fraction of sp³-hybridized carbons (Fsp3) is 0.500. The molecule has 0 amide bonds. The first-order valence-corrected chi connectivity index (χ1v) is 6.65. The molecule has 1 aromatic rings. The maximum atomic E-state index is 13.4. The second-order valence-electron chi connectivity index (χ2n) is 5.35. The van der Waals surface area contributed by atoms with Crippen molar-refractivity contribution in [3.05, 3.63) is 29.8 Å². The first-order valence-electron chi connectivity index (χ1n) is 6.65.